The Morgan fingerprint density at radius 3 is 1.18 bits per heavy atom. The first-order valence-corrected chi connectivity index (χ1v) is 28.4. The van der Waals surface area contributed by atoms with Gasteiger partial charge in [0.05, 0.1) is 93.7 Å². The van der Waals surface area contributed by atoms with Crippen molar-refractivity contribution in [3.05, 3.63) is 121 Å². The molecule has 332 valence electrons. The maximum absolute atomic E-state index is 10.4. The Kier molecular flexibility index (Phi) is 19.5. The molecule has 0 amide bonds. The number of nitrogens with zero attached hydrogens (tertiary/aromatic N) is 1. The normalized spacial score (nSPS) is 15.7. The first kappa shape index (κ1) is 49.2. The summed E-state index contributed by atoms with van der Waals surface area (Å²) in [5.41, 5.74) is 0.335. The van der Waals surface area contributed by atoms with Crippen LogP contribution in [0, 0.1) is 0 Å². The lowest BCUT2D eigenvalue weighted by molar-refractivity contribution is -0.917. The second kappa shape index (κ2) is 24.3. The number of carbonyl (C=O) groups excluding carboxylic acids is 1. The second-order valence-corrected chi connectivity index (χ2v) is 27.9. The third-order valence-electron chi connectivity index (χ3n) is 13.9. The van der Waals surface area contributed by atoms with E-state index < -0.39 is 14.5 Å². The van der Waals surface area contributed by atoms with E-state index in [1.807, 2.05) is 0 Å². The molecule has 4 nitrogen and oxygen atoms in total. The van der Waals surface area contributed by atoms with Crippen molar-refractivity contribution in [3.8, 4) is 0 Å². The molecule has 61 heavy (non-hydrogen) atoms. The van der Waals surface area contributed by atoms with Gasteiger partial charge in [0.25, 0.3) is 6.47 Å². The molecule has 1 fully saturated rings. The Morgan fingerprint density at radius 1 is 0.508 bits per heavy atom. The molecule has 0 aromatic heterocycles. The molecule has 0 aliphatic carbocycles. The van der Waals surface area contributed by atoms with Gasteiger partial charge in [-0.2, -0.15) is 0 Å². The highest BCUT2D eigenvalue weighted by atomic mass is 31.2. The fourth-order valence-electron chi connectivity index (χ4n) is 10.9. The van der Waals surface area contributed by atoms with Crippen molar-refractivity contribution in [3.63, 3.8) is 0 Å². The molecule has 6 heteroatoms. The zero-order valence-corrected chi connectivity index (χ0v) is 41.0. The molecule has 1 N–H and O–H groups in total. The fourth-order valence-corrected chi connectivity index (χ4v) is 20.0. The first-order chi connectivity index (χ1) is 29.4. The monoisotopic (exact) mass is 866 g/mol. The standard InChI is InChI=1S/C55H83N2O2P2/c1-54(2)46-49(47-55(3,4)56-54)57(5,6)40-26-29-43-61(52-36-22-16-23-37-52,53-38-24-17-25-39-53)45-31-30-44-60(50-32-18-14-19-33-50,51-34-20-15-21-35-51)42-28-13-11-9-7-8-10-12-27-41-59-48-58/h14-25,32-39,48-49,56H,7-13,26-31,40-47H2,1-6H3/q+3. The number of hydrogen-bond donors (Lipinski definition) is 1. The maximum atomic E-state index is 10.4. The highest BCUT2D eigenvalue weighted by molar-refractivity contribution is 7.90. The lowest BCUT2D eigenvalue weighted by atomic mass is 9.78. The van der Waals surface area contributed by atoms with Gasteiger partial charge < -0.3 is 14.5 Å². The summed E-state index contributed by atoms with van der Waals surface area (Å²) in [7, 11) is 1.74. The van der Waals surface area contributed by atoms with E-state index in [9.17, 15) is 4.79 Å². The van der Waals surface area contributed by atoms with Gasteiger partial charge in [0.15, 0.2) is 0 Å². The number of benzene rings is 4. The van der Waals surface area contributed by atoms with E-state index in [1.165, 1.54) is 115 Å². The summed E-state index contributed by atoms with van der Waals surface area (Å²) in [6, 6.07) is 47.5. The van der Waals surface area contributed by atoms with Gasteiger partial charge in [-0.1, -0.05) is 111 Å². The number of rotatable bonds is 28. The molecule has 4 aromatic carbocycles. The van der Waals surface area contributed by atoms with Crippen LogP contribution >= 0.6 is 14.5 Å². The maximum Gasteiger partial charge on any atom is 0.293 e. The van der Waals surface area contributed by atoms with E-state index in [2.05, 4.69) is 168 Å². The zero-order valence-electron chi connectivity index (χ0n) is 39.2. The summed E-state index contributed by atoms with van der Waals surface area (Å²) >= 11 is 0. The average Bonchev–Trinajstić information content (AvgIpc) is 3.25. The van der Waals surface area contributed by atoms with E-state index in [4.69, 9.17) is 4.74 Å². The minimum absolute atomic E-state index is 0.167. The van der Waals surface area contributed by atoms with Crippen molar-refractivity contribution >= 4 is 42.2 Å². The molecule has 0 spiro atoms. The van der Waals surface area contributed by atoms with Gasteiger partial charge in [-0.3, -0.25) is 4.79 Å². The lowest BCUT2D eigenvalue weighted by Crippen LogP contribution is -2.65. The van der Waals surface area contributed by atoms with E-state index in [1.54, 1.807) is 21.2 Å². The number of hydrogen-bond acceptors (Lipinski definition) is 3. The van der Waals surface area contributed by atoms with Crippen molar-refractivity contribution < 1.29 is 14.0 Å². The molecule has 0 unspecified atom stereocenters. The minimum atomic E-state index is -1.66. The minimum Gasteiger partial charge on any atom is -0.468 e. The van der Waals surface area contributed by atoms with Crippen LogP contribution in [0.25, 0.3) is 0 Å². The van der Waals surface area contributed by atoms with Crippen molar-refractivity contribution in [1.29, 1.82) is 0 Å². The lowest BCUT2D eigenvalue weighted by Gasteiger charge is -2.51. The Bertz CT molecular complexity index is 1700. The van der Waals surface area contributed by atoms with Crippen molar-refractivity contribution in [2.45, 2.75) is 141 Å². The van der Waals surface area contributed by atoms with Crippen LogP contribution in [0.15, 0.2) is 121 Å². The third-order valence-corrected chi connectivity index (χ3v) is 23.3. The van der Waals surface area contributed by atoms with Gasteiger partial charge in [0.2, 0.25) is 0 Å². The van der Waals surface area contributed by atoms with Gasteiger partial charge in [0.1, 0.15) is 0 Å². The molecule has 0 radical (unpaired) electrons. The Hall–Kier alpha value is -2.87. The van der Waals surface area contributed by atoms with Gasteiger partial charge in [-0.25, -0.2) is 0 Å². The topological polar surface area (TPSA) is 38.3 Å². The zero-order chi connectivity index (χ0) is 43.5. The molecule has 5 rings (SSSR count). The van der Waals surface area contributed by atoms with Gasteiger partial charge in [0, 0.05) is 30.3 Å². The fraction of sp³-hybridized carbons (Fsp3) is 0.545. The van der Waals surface area contributed by atoms with Crippen LogP contribution in [-0.2, 0) is 9.53 Å². The molecule has 0 saturated carbocycles. The molecular formula is C55H83N2O2P2+3. The van der Waals surface area contributed by atoms with E-state index in [0.29, 0.717) is 19.1 Å². The summed E-state index contributed by atoms with van der Waals surface area (Å²) in [6.07, 6.45) is 23.9. The molecule has 1 aliphatic heterocycles. The highest BCUT2D eigenvalue weighted by Crippen LogP contribution is 2.60. The van der Waals surface area contributed by atoms with Crippen LogP contribution in [0.1, 0.15) is 124 Å². The summed E-state index contributed by atoms with van der Waals surface area (Å²) < 4.78 is 5.97. The Balaban J connectivity index is 1.29. The van der Waals surface area contributed by atoms with Gasteiger partial charge >= 0.3 is 0 Å². The Labute approximate surface area is 374 Å². The average molecular weight is 866 g/mol. The van der Waals surface area contributed by atoms with Crippen LogP contribution in [0.5, 0.6) is 0 Å². The van der Waals surface area contributed by atoms with E-state index >= 15 is 0 Å². The summed E-state index contributed by atoms with van der Waals surface area (Å²) in [5.74, 6) is 0. The summed E-state index contributed by atoms with van der Waals surface area (Å²) in [5, 5.41) is 10.3. The second-order valence-electron chi connectivity index (χ2n) is 20.2. The van der Waals surface area contributed by atoms with Gasteiger partial charge in [-0.15, -0.1) is 0 Å². The third kappa shape index (κ3) is 14.9. The number of quaternary nitrogens is 1. The Morgan fingerprint density at radius 2 is 0.820 bits per heavy atom. The van der Waals surface area contributed by atoms with Crippen molar-refractivity contribution in [1.82, 2.24) is 5.32 Å². The molecule has 1 saturated heterocycles. The number of carbonyl (C=O) groups is 1. The highest BCUT2D eigenvalue weighted by Gasteiger charge is 2.46. The van der Waals surface area contributed by atoms with Crippen molar-refractivity contribution in [2.24, 2.45) is 0 Å². The summed E-state index contributed by atoms with van der Waals surface area (Å²) in [6.45, 7) is 12.0. The molecule has 1 aliphatic rings. The number of piperidine rings is 1. The largest absolute Gasteiger partial charge is 0.468 e. The van der Waals surface area contributed by atoms with Crippen LogP contribution in [0.4, 0.5) is 0 Å². The first-order valence-electron chi connectivity index (χ1n) is 24.1. The molecule has 1 heterocycles. The number of unbranched alkanes of at least 4 members (excludes halogenated alkanes) is 10. The number of ether oxygens (including phenoxy) is 1. The molecule has 0 bridgehead atoms. The molecular weight excluding hydrogens is 783 g/mol. The predicted molar refractivity (Wildman–Crippen MR) is 271 cm³/mol. The van der Waals surface area contributed by atoms with Crippen LogP contribution in [-0.4, -0.2) is 80.0 Å². The SMILES string of the molecule is CC1(C)CC([N+](C)(C)CCCC[P+](CCCC[P+](CCCCCCCCCCCOC=O)(c2ccccc2)c2ccccc2)(c2ccccc2)c2ccccc2)CC(C)(C)N1. The quantitative estimate of drug-likeness (QED) is 0.0268. The molecule has 4 aromatic rings. The smallest absolute Gasteiger partial charge is 0.293 e. The molecule has 0 atom stereocenters. The van der Waals surface area contributed by atoms with Crippen molar-refractivity contribution in [2.75, 3.05) is 51.9 Å². The summed E-state index contributed by atoms with van der Waals surface area (Å²) in [4.78, 5) is 10.4. The number of nitrogens with one attached hydrogen (secondary N) is 1. The van der Waals surface area contributed by atoms with E-state index in [-0.39, 0.29) is 11.1 Å². The van der Waals surface area contributed by atoms with Crippen LogP contribution in [0.2, 0.25) is 0 Å². The van der Waals surface area contributed by atoms with Crippen LogP contribution < -0.4 is 26.5 Å². The van der Waals surface area contributed by atoms with Gasteiger partial charge in [-0.05, 0) is 115 Å². The van der Waals surface area contributed by atoms with E-state index in [0.717, 1.165) is 17.3 Å². The van der Waals surface area contributed by atoms with Crippen LogP contribution in [0.3, 0.4) is 0 Å². The predicted octanol–water partition coefficient (Wildman–Crippen LogP) is 12.0.